The van der Waals surface area contributed by atoms with Crippen LogP contribution in [0.25, 0.3) is 16.9 Å². The van der Waals surface area contributed by atoms with Gasteiger partial charge in [-0.05, 0) is 42.8 Å². The van der Waals surface area contributed by atoms with E-state index in [9.17, 15) is 13.2 Å². The number of Topliss-reactive ketones (excluding diaryl/α,β-unsaturated/α-hetero) is 1. The highest BCUT2D eigenvalue weighted by atomic mass is 35.5. The zero-order valence-electron chi connectivity index (χ0n) is 14.6. The molecule has 1 aromatic heterocycles. The van der Waals surface area contributed by atoms with Gasteiger partial charge in [0.25, 0.3) is 0 Å². The maximum atomic E-state index is 11.9. The van der Waals surface area contributed by atoms with Crippen LogP contribution in [0.5, 0.6) is 0 Å². The molecule has 27 heavy (non-hydrogen) atoms. The first kappa shape index (κ1) is 17.9. The summed E-state index contributed by atoms with van der Waals surface area (Å²) in [4.78, 5) is 12.1. The summed E-state index contributed by atoms with van der Waals surface area (Å²) in [7, 11) is -3.27. The molecular weight excluding hydrogens is 384 g/mol. The third-order valence-corrected chi connectivity index (χ3v) is 6.09. The first-order valence-corrected chi connectivity index (χ1v) is 10.8. The Morgan fingerprint density at radius 2 is 1.67 bits per heavy atom. The Bertz CT molecular complexity index is 1130. The molecule has 0 aliphatic heterocycles. The Morgan fingerprint density at radius 1 is 1.00 bits per heavy atom. The van der Waals surface area contributed by atoms with Crippen molar-refractivity contribution in [3.63, 3.8) is 0 Å². The predicted octanol–water partition coefficient (Wildman–Crippen LogP) is 3.65. The maximum Gasteiger partial charge on any atom is 0.175 e. The van der Waals surface area contributed by atoms with Gasteiger partial charge >= 0.3 is 0 Å². The Hall–Kier alpha value is -2.44. The number of halogens is 1. The Balaban J connectivity index is 1.89. The summed E-state index contributed by atoms with van der Waals surface area (Å²) in [5, 5.41) is 5.32. The Morgan fingerprint density at radius 3 is 2.30 bits per heavy atom. The molecule has 0 bridgehead atoms. The van der Waals surface area contributed by atoms with Gasteiger partial charge in [-0.25, -0.2) is 13.1 Å². The average Bonchev–Trinajstić information content (AvgIpc) is 3.00. The maximum absolute atomic E-state index is 11.9. The van der Waals surface area contributed by atoms with Gasteiger partial charge in [0.2, 0.25) is 0 Å². The second kappa shape index (κ2) is 6.62. The number of rotatable bonds is 3. The fourth-order valence-electron chi connectivity index (χ4n) is 3.37. The highest BCUT2D eigenvalue weighted by Crippen LogP contribution is 2.33. The van der Waals surface area contributed by atoms with Crippen molar-refractivity contribution in [3.05, 3.63) is 64.8 Å². The monoisotopic (exact) mass is 400 g/mol. The van der Waals surface area contributed by atoms with E-state index in [0.29, 0.717) is 24.3 Å². The number of benzene rings is 2. The minimum Gasteiger partial charge on any atom is -0.299 e. The van der Waals surface area contributed by atoms with Crippen LogP contribution in [0.2, 0.25) is 5.02 Å². The smallest absolute Gasteiger partial charge is 0.175 e. The zero-order chi connectivity index (χ0) is 19.2. The summed E-state index contributed by atoms with van der Waals surface area (Å²) in [6, 6.07) is 14.1. The third kappa shape index (κ3) is 3.42. The van der Waals surface area contributed by atoms with Gasteiger partial charge in [0.1, 0.15) is 5.78 Å². The number of hydrogen-bond donors (Lipinski definition) is 0. The molecule has 1 aliphatic carbocycles. The Kier molecular flexibility index (Phi) is 4.40. The van der Waals surface area contributed by atoms with E-state index < -0.39 is 9.84 Å². The van der Waals surface area contributed by atoms with E-state index in [1.54, 1.807) is 28.9 Å². The number of ketones is 1. The zero-order valence-corrected chi connectivity index (χ0v) is 16.2. The van der Waals surface area contributed by atoms with E-state index in [-0.39, 0.29) is 10.7 Å². The van der Waals surface area contributed by atoms with Gasteiger partial charge in [0, 0.05) is 28.8 Å². The number of aromatic nitrogens is 2. The summed E-state index contributed by atoms with van der Waals surface area (Å²) in [5.74, 6) is 0.183. The van der Waals surface area contributed by atoms with Gasteiger partial charge in [-0.1, -0.05) is 23.7 Å². The summed E-state index contributed by atoms with van der Waals surface area (Å²) in [5.41, 5.74) is 4.46. The molecule has 0 saturated heterocycles. The highest BCUT2D eigenvalue weighted by Gasteiger charge is 2.26. The van der Waals surface area contributed by atoms with Crippen LogP contribution in [0.15, 0.2) is 53.4 Å². The van der Waals surface area contributed by atoms with Gasteiger partial charge in [-0.3, -0.25) is 4.79 Å². The highest BCUT2D eigenvalue weighted by molar-refractivity contribution is 7.90. The predicted molar refractivity (Wildman–Crippen MR) is 104 cm³/mol. The molecule has 0 saturated carbocycles. The molecule has 4 rings (SSSR count). The van der Waals surface area contributed by atoms with Crippen molar-refractivity contribution in [1.82, 2.24) is 9.78 Å². The summed E-state index contributed by atoms with van der Waals surface area (Å²) >= 11 is 6.03. The lowest BCUT2D eigenvalue weighted by Crippen LogP contribution is -2.12. The number of sulfone groups is 1. The minimum absolute atomic E-state index is 0.183. The third-order valence-electron chi connectivity index (χ3n) is 4.71. The molecule has 0 radical (unpaired) electrons. The molecule has 7 heteroatoms. The summed E-state index contributed by atoms with van der Waals surface area (Å²) < 4.78 is 25.2. The molecule has 5 nitrogen and oxygen atoms in total. The molecule has 2 aromatic carbocycles. The van der Waals surface area contributed by atoms with Crippen molar-refractivity contribution in [2.24, 2.45) is 0 Å². The lowest BCUT2D eigenvalue weighted by molar-refractivity contribution is -0.118. The second-order valence-electron chi connectivity index (χ2n) is 6.67. The number of hydrogen-bond acceptors (Lipinski definition) is 4. The Labute approximate surface area is 162 Å². The first-order valence-electron chi connectivity index (χ1n) is 8.52. The van der Waals surface area contributed by atoms with Crippen molar-refractivity contribution in [3.8, 4) is 16.9 Å². The molecule has 1 heterocycles. The molecule has 138 valence electrons. The van der Waals surface area contributed by atoms with Gasteiger partial charge in [-0.2, -0.15) is 5.10 Å². The van der Waals surface area contributed by atoms with Crippen LogP contribution < -0.4 is 0 Å². The van der Waals surface area contributed by atoms with Gasteiger partial charge in [0.15, 0.2) is 9.84 Å². The molecule has 0 unspecified atom stereocenters. The van der Waals surface area contributed by atoms with Crippen LogP contribution in [-0.2, 0) is 27.5 Å². The topological polar surface area (TPSA) is 69.0 Å². The van der Waals surface area contributed by atoms with Crippen LogP contribution in [0.1, 0.15) is 17.7 Å². The van der Waals surface area contributed by atoms with Crippen LogP contribution in [0.4, 0.5) is 0 Å². The van der Waals surface area contributed by atoms with Crippen LogP contribution in [0.3, 0.4) is 0 Å². The molecule has 0 spiro atoms. The van der Waals surface area contributed by atoms with E-state index in [1.165, 1.54) is 6.26 Å². The van der Waals surface area contributed by atoms with Crippen molar-refractivity contribution in [2.45, 2.75) is 24.2 Å². The first-order chi connectivity index (χ1) is 12.8. The minimum atomic E-state index is -3.27. The lowest BCUT2D eigenvalue weighted by Gasteiger charge is -2.12. The number of fused-ring (bicyclic) bond motifs is 1. The van der Waals surface area contributed by atoms with Crippen molar-refractivity contribution in [1.29, 1.82) is 0 Å². The lowest BCUT2D eigenvalue weighted by atomic mass is 9.93. The molecule has 0 fully saturated rings. The molecule has 0 amide bonds. The van der Waals surface area contributed by atoms with E-state index in [4.69, 9.17) is 11.6 Å². The quantitative estimate of drug-likeness (QED) is 0.672. The molecule has 0 atom stereocenters. The van der Waals surface area contributed by atoms with Crippen LogP contribution in [0, 0.1) is 0 Å². The van der Waals surface area contributed by atoms with Crippen molar-refractivity contribution >= 4 is 27.2 Å². The van der Waals surface area contributed by atoms with Crippen molar-refractivity contribution in [2.75, 3.05) is 6.26 Å². The van der Waals surface area contributed by atoms with Gasteiger partial charge in [-0.15, -0.1) is 0 Å². The van der Waals surface area contributed by atoms with Crippen molar-refractivity contribution < 1.29 is 13.2 Å². The second-order valence-corrected chi connectivity index (χ2v) is 9.13. The summed E-state index contributed by atoms with van der Waals surface area (Å²) in [6.45, 7) is 0. The fraction of sp³-hybridized carbons (Fsp3) is 0.200. The molecule has 1 aliphatic rings. The largest absolute Gasteiger partial charge is 0.299 e. The average molecular weight is 401 g/mol. The number of carbonyl (C=O) groups is 1. The summed E-state index contributed by atoms with van der Waals surface area (Å²) in [6.07, 6.45) is 2.66. The van der Waals surface area contributed by atoms with E-state index in [1.807, 2.05) is 24.3 Å². The number of nitrogens with zero attached hydrogens (tertiary/aromatic N) is 2. The van der Waals surface area contributed by atoms with Crippen LogP contribution in [-0.4, -0.2) is 30.2 Å². The standard InChI is InChI=1S/C20H17ClN2O3S/c1-27(25,26)17-9-6-15(7-10-17)23-20(13-2-4-14(21)5-3-13)18-11-8-16(24)12-19(18)22-23/h2-7,9-10H,8,11-12H2,1H3. The van der Waals surface area contributed by atoms with Gasteiger partial charge < -0.3 is 0 Å². The van der Waals surface area contributed by atoms with Crippen LogP contribution >= 0.6 is 11.6 Å². The van der Waals surface area contributed by atoms with E-state index in [0.717, 1.165) is 28.2 Å². The van der Waals surface area contributed by atoms with E-state index >= 15 is 0 Å². The SMILES string of the molecule is CS(=O)(=O)c1ccc(-n2nc3c(c2-c2ccc(Cl)cc2)CCC(=O)C3)cc1. The molecule has 0 N–H and O–H groups in total. The normalized spacial score (nSPS) is 14.2. The van der Waals surface area contributed by atoms with Gasteiger partial charge in [0.05, 0.1) is 28.4 Å². The number of carbonyl (C=O) groups excluding carboxylic acids is 1. The van der Waals surface area contributed by atoms with E-state index in [2.05, 4.69) is 5.10 Å². The molecular formula is C20H17ClN2O3S. The molecule has 3 aromatic rings. The fourth-order valence-corrected chi connectivity index (χ4v) is 4.12.